The van der Waals surface area contributed by atoms with Crippen molar-refractivity contribution in [2.75, 3.05) is 0 Å². The van der Waals surface area contributed by atoms with Gasteiger partial charge in [-0.2, -0.15) is 0 Å². The quantitative estimate of drug-likeness (QED) is 0.482. The highest BCUT2D eigenvalue weighted by Gasteiger charge is 2.13. The molecule has 0 amide bonds. The van der Waals surface area contributed by atoms with Crippen LogP contribution >= 0.6 is 0 Å². The van der Waals surface area contributed by atoms with Crippen molar-refractivity contribution in [1.82, 2.24) is 5.32 Å². The summed E-state index contributed by atoms with van der Waals surface area (Å²) < 4.78 is 5.06. The van der Waals surface area contributed by atoms with Gasteiger partial charge in [0.05, 0.1) is 12.6 Å². The maximum Gasteiger partial charge on any atom is 0.433 e. The third kappa shape index (κ3) is 2.70. The third-order valence-corrected chi connectivity index (χ3v) is 2.66. The third-order valence-electron chi connectivity index (χ3n) is 2.66. The lowest BCUT2D eigenvalue weighted by Crippen LogP contribution is -2.28. The van der Waals surface area contributed by atoms with E-state index in [1.54, 1.807) is 6.07 Å². The molecule has 16 heavy (non-hydrogen) atoms. The SMILES string of the molecule is O=[N+]([O-])c1ccc(CNC2CC=CCC2)o1. The number of nitrogens with zero attached hydrogens (tertiary/aromatic N) is 1. The van der Waals surface area contributed by atoms with Gasteiger partial charge in [-0.15, -0.1) is 0 Å². The Balaban J connectivity index is 1.84. The fourth-order valence-electron chi connectivity index (χ4n) is 1.78. The first-order valence-corrected chi connectivity index (χ1v) is 5.37. The number of allylic oxidation sites excluding steroid dienone is 1. The number of rotatable bonds is 4. The van der Waals surface area contributed by atoms with Gasteiger partial charge in [0.15, 0.2) is 0 Å². The van der Waals surface area contributed by atoms with Crippen LogP contribution in [0, 0.1) is 10.1 Å². The Morgan fingerprint density at radius 1 is 1.50 bits per heavy atom. The molecule has 1 aliphatic rings. The molecule has 1 aromatic rings. The van der Waals surface area contributed by atoms with E-state index in [9.17, 15) is 10.1 Å². The maximum absolute atomic E-state index is 10.4. The molecule has 0 spiro atoms. The summed E-state index contributed by atoms with van der Waals surface area (Å²) in [6, 6.07) is 3.48. The molecule has 2 rings (SSSR count). The molecule has 1 atom stereocenters. The van der Waals surface area contributed by atoms with E-state index in [1.807, 2.05) is 0 Å². The molecule has 1 unspecified atom stereocenters. The van der Waals surface area contributed by atoms with Gasteiger partial charge in [0, 0.05) is 6.04 Å². The molecule has 0 radical (unpaired) electrons. The monoisotopic (exact) mass is 222 g/mol. The summed E-state index contributed by atoms with van der Waals surface area (Å²) in [5.74, 6) is 0.418. The van der Waals surface area contributed by atoms with Gasteiger partial charge >= 0.3 is 5.88 Å². The van der Waals surface area contributed by atoms with Gasteiger partial charge < -0.3 is 9.73 Å². The lowest BCUT2D eigenvalue weighted by molar-refractivity contribution is -0.402. The first-order valence-electron chi connectivity index (χ1n) is 5.37. The van der Waals surface area contributed by atoms with Crippen molar-refractivity contribution < 1.29 is 9.34 Å². The average molecular weight is 222 g/mol. The molecule has 1 aromatic heterocycles. The van der Waals surface area contributed by atoms with E-state index in [4.69, 9.17) is 4.42 Å². The van der Waals surface area contributed by atoms with E-state index >= 15 is 0 Å². The van der Waals surface area contributed by atoms with Crippen LogP contribution in [0.4, 0.5) is 5.88 Å². The van der Waals surface area contributed by atoms with E-state index in [1.165, 1.54) is 6.07 Å². The highest BCUT2D eigenvalue weighted by Crippen LogP contribution is 2.16. The van der Waals surface area contributed by atoms with Crippen LogP contribution in [0.25, 0.3) is 0 Å². The molecule has 86 valence electrons. The average Bonchev–Trinajstić information content (AvgIpc) is 2.76. The normalized spacial score (nSPS) is 19.9. The van der Waals surface area contributed by atoms with Crippen molar-refractivity contribution >= 4 is 5.88 Å². The van der Waals surface area contributed by atoms with Crippen molar-refractivity contribution in [3.63, 3.8) is 0 Å². The summed E-state index contributed by atoms with van der Waals surface area (Å²) in [7, 11) is 0. The van der Waals surface area contributed by atoms with Crippen molar-refractivity contribution in [2.45, 2.75) is 31.8 Å². The van der Waals surface area contributed by atoms with E-state index < -0.39 is 4.92 Å². The van der Waals surface area contributed by atoms with E-state index in [2.05, 4.69) is 17.5 Å². The molecule has 0 aromatic carbocycles. The summed E-state index contributed by atoms with van der Waals surface area (Å²) in [5, 5.41) is 13.7. The number of hydrogen-bond acceptors (Lipinski definition) is 4. The van der Waals surface area contributed by atoms with Crippen LogP contribution in [-0.2, 0) is 6.54 Å². The summed E-state index contributed by atoms with van der Waals surface area (Å²) in [6.45, 7) is 0.548. The molecular formula is C11H14N2O3. The highest BCUT2D eigenvalue weighted by molar-refractivity contribution is 5.17. The minimum atomic E-state index is -0.521. The molecule has 0 saturated heterocycles. The zero-order chi connectivity index (χ0) is 11.4. The Hall–Kier alpha value is -1.62. The fourth-order valence-corrected chi connectivity index (χ4v) is 1.78. The molecule has 0 aliphatic heterocycles. The van der Waals surface area contributed by atoms with Gasteiger partial charge in [-0.05, 0) is 25.3 Å². The predicted molar refractivity (Wildman–Crippen MR) is 59.0 cm³/mol. The maximum atomic E-state index is 10.4. The fraction of sp³-hybridized carbons (Fsp3) is 0.455. The number of nitro groups is 1. The van der Waals surface area contributed by atoms with E-state index in [0.29, 0.717) is 18.3 Å². The molecule has 0 saturated carbocycles. The second kappa shape index (κ2) is 4.94. The van der Waals surface area contributed by atoms with Crippen molar-refractivity contribution in [3.8, 4) is 0 Å². The Kier molecular flexibility index (Phi) is 3.36. The lowest BCUT2D eigenvalue weighted by atomic mass is 10.0. The van der Waals surface area contributed by atoms with Crippen LogP contribution in [0.15, 0.2) is 28.7 Å². The van der Waals surface area contributed by atoms with Crippen LogP contribution in [0.3, 0.4) is 0 Å². The minimum Gasteiger partial charge on any atom is -0.404 e. The Labute approximate surface area is 93.3 Å². The lowest BCUT2D eigenvalue weighted by Gasteiger charge is -2.18. The molecule has 5 nitrogen and oxygen atoms in total. The standard InChI is InChI=1S/C11H14N2O3/c14-13(15)11-7-6-10(16-11)8-12-9-4-2-1-3-5-9/h1-2,6-7,9,12H,3-5,8H2. The Morgan fingerprint density at radius 2 is 2.38 bits per heavy atom. The van der Waals surface area contributed by atoms with Crippen LogP contribution in [0.2, 0.25) is 0 Å². The minimum absolute atomic E-state index is 0.194. The zero-order valence-corrected chi connectivity index (χ0v) is 8.89. The topological polar surface area (TPSA) is 68.3 Å². The van der Waals surface area contributed by atoms with E-state index in [-0.39, 0.29) is 5.88 Å². The van der Waals surface area contributed by atoms with Crippen LogP contribution in [0.1, 0.15) is 25.0 Å². The molecule has 1 N–H and O–H groups in total. The highest BCUT2D eigenvalue weighted by atomic mass is 16.6. The van der Waals surface area contributed by atoms with Gasteiger partial charge in [0.25, 0.3) is 0 Å². The second-order valence-electron chi connectivity index (χ2n) is 3.86. The Morgan fingerprint density at radius 3 is 3.00 bits per heavy atom. The smallest absolute Gasteiger partial charge is 0.404 e. The summed E-state index contributed by atoms with van der Waals surface area (Å²) >= 11 is 0. The van der Waals surface area contributed by atoms with Gasteiger partial charge in [-0.25, -0.2) is 0 Å². The molecular weight excluding hydrogens is 208 g/mol. The van der Waals surface area contributed by atoms with Crippen LogP contribution in [0.5, 0.6) is 0 Å². The summed E-state index contributed by atoms with van der Waals surface area (Å²) in [6.07, 6.45) is 7.56. The first-order chi connectivity index (χ1) is 7.75. The van der Waals surface area contributed by atoms with Crippen molar-refractivity contribution in [3.05, 3.63) is 40.2 Å². The van der Waals surface area contributed by atoms with Gasteiger partial charge in [0.1, 0.15) is 10.7 Å². The molecule has 0 bridgehead atoms. The number of nitrogens with one attached hydrogen (secondary N) is 1. The zero-order valence-electron chi connectivity index (χ0n) is 8.89. The van der Waals surface area contributed by atoms with Crippen molar-refractivity contribution in [1.29, 1.82) is 0 Å². The summed E-state index contributed by atoms with van der Waals surface area (Å²) in [5.41, 5.74) is 0. The van der Waals surface area contributed by atoms with Gasteiger partial charge in [0.2, 0.25) is 0 Å². The second-order valence-corrected chi connectivity index (χ2v) is 3.86. The number of hydrogen-bond donors (Lipinski definition) is 1. The molecule has 1 heterocycles. The first kappa shape index (κ1) is 10.9. The molecule has 5 heteroatoms. The number of furan rings is 1. The van der Waals surface area contributed by atoms with Gasteiger partial charge in [-0.3, -0.25) is 10.1 Å². The van der Waals surface area contributed by atoms with E-state index in [0.717, 1.165) is 19.3 Å². The molecule has 0 fully saturated rings. The summed E-state index contributed by atoms with van der Waals surface area (Å²) in [4.78, 5) is 9.88. The largest absolute Gasteiger partial charge is 0.433 e. The van der Waals surface area contributed by atoms with Crippen molar-refractivity contribution in [2.24, 2.45) is 0 Å². The van der Waals surface area contributed by atoms with Crippen LogP contribution < -0.4 is 5.32 Å². The Bertz CT molecular complexity index is 398. The molecule has 1 aliphatic carbocycles. The van der Waals surface area contributed by atoms with Gasteiger partial charge in [-0.1, -0.05) is 12.2 Å². The van der Waals surface area contributed by atoms with Crippen LogP contribution in [-0.4, -0.2) is 11.0 Å². The predicted octanol–water partition coefficient (Wildman–Crippen LogP) is 2.39.